The number of rotatable bonds is 5. The Bertz CT molecular complexity index is 349. The second-order valence-electron chi connectivity index (χ2n) is 3.19. The van der Waals surface area contributed by atoms with Crippen LogP contribution in [0.25, 0.3) is 0 Å². The molecule has 0 aromatic carbocycles. The van der Waals surface area contributed by atoms with Gasteiger partial charge in [-0.2, -0.15) is 15.0 Å². The topological polar surface area (TPSA) is 117 Å². The minimum absolute atomic E-state index is 0.0717. The van der Waals surface area contributed by atoms with Crippen molar-refractivity contribution in [3.63, 3.8) is 0 Å². The molecule has 1 aromatic heterocycles. The molecule has 7 nitrogen and oxygen atoms in total. The fraction of sp³-hybridized carbons (Fsp3) is 0.556. The summed E-state index contributed by atoms with van der Waals surface area (Å²) in [6.45, 7) is 2.14. The summed E-state index contributed by atoms with van der Waals surface area (Å²) in [5.41, 5.74) is 10.8. The number of anilines is 2. The third kappa shape index (κ3) is 4.07. The highest BCUT2D eigenvalue weighted by molar-refractivity contribution is 5.69. The maximum Gasteiger partial charge on any atom is 0.305 e. The van der Waals surface area contributed by atoms with E-state index in [2.05, 4.69) is 15.0 Å². The highest BCUT2D eigenvalue weighted by Gasteiger charge is 2.04. The number of hydrogen-bond acceptors (Lipinski definition) is 7. The van der Waals surface area contributed by atoms with Crippen molar-refractivity contribution in [3.05, 3.63) is 5.82 Å². The Hall–Kier alpha value is -1.92. The lowest BCUT2D eigenvalue weighted by atomic mass is 10.3. The Morgan fingerprint density at radius 1 is 1.25 bits per heavy atom. The van der Waals surface area contributed by atoms with Crippen molar-refractivity contribution in [1.29, 1.82) is 0 Å². The van der Waals surface area contributed by atoms with Crippen LogP contribution in [0.15, 0.2) is 0 Å². The van der Waals surface area contributed by atoms with Gasteiger partial charge < -0.3 is 16.2 Å². The first-order valence-corrected chi connectivity index (χ1v) is 5.03. The molecular weight excluding hydrogens is 210 g/mol. The van der Waals surface area contributed by atoms with E-state index in [1.807, 2.05) is 6.92 Å². The molecule has 0 aliphatic heterocycles. The molecule has 0 fully saturated rings. The SMILES string of the molecule is CCCC(=O)OCCc1nc(N)nc(N)n1. The van der Waals surface area contributed by atoms with Crippen LogP contribution < -0.4 is 11.5 Å². The zero-order valence-electron chi connectivity index (χ0n) is 9.14. The number of carbonyl (C=O) groups is 1. The minimum Gasteiger partial charge on any atom is -0.465 e. The average molecular weight is 225 g/mol. The van der Waals surface area contributed by atoms with E-state index >= 15 is 0 Å². The Labute approximate surface area is 93.2 Å². The molecule has 0 saturated heterocycles. The molecule has 0 aliphatic rings. The van der Waals surface area contributed by atoms with Crippen molar-refractivity contribution in [2.24, 2.45) is 0 Å². The van der Waals surface area contributed by atoms with E-state index in [0.717, 1.165) is 6.42 Å². The van der Waals surface area contributed by atoms with Crippen molar-refractivity contribution >= 4 is 17.9 Å². The molecule has 0 radical (unpaired) electrons. The predicted octanol–water partition coefficient (Wildman–Crippen LogP) is -0.0782. The zero-order valence-corrected chi connectivity index (χ0v) is 9.14. The van der Waals surface area contributed by atoms with Gasteiger partial charge in [0.2, 0.25) is 11.9 Å². The van der Waals surface area contributed by atoms with Gasteiger partial charge in [-0.25, -0.2) is 0 Å². The van der Waals surface area contributed by atoms with Gasteiger partial charge >= 0.3 is 5.97 Å². The van der Waals surface area contributed by atoms with Crippen LogP contribution in [-0.2, 0) is 16.0 Å². The number of aromatic nitrogens is 3. The van der Waals surface area contributed by atoms with Gasteiger partial charge in [0, 0.05) is 12.8 Å². The summed E-state index contributed by atoms with van der Waals surface area (Å²) < 4.78 is 4.95. The number of nitrogens with zero attached hydrogens (tertiary/aromatic N) is 3. The van der Waals surface area contributed by atoms with Crippen LogP contribution in [0.4, 0.5) is 11.9 Å². The van der Waals surface area contributed by atoms with Gasteiger partial charge in [0.15, 0.2) is 0 Å². The van der Waals surface area contributed by atoms with Crippen LogP contribution in [0.2, 0.25) is 0 Å². The maximum absolute atomic E-state index is 11.0. The van der Waals surface area contributed by atoms with Gasteiger partial charge in [0.25, 0.3) is 0 Å². The largest absolute Gasteiger partial charge is 0.465 e. The predicted molar refractivity (Wildman–Crippen MR) is 58.2 cm³/mol. The number of nitrogen functional groups attached to an aromatic ring is 2. The molecule has 0 atom stereocenters. The quantitative estimate of drug-likeness (QED) is 0.673. The first kappa shape index (κ1) is 12.2. The summed E-state index contributed by atoms with van der Waals surface area (Å²) in [5.74, 6) is 0.344. The van der Waals surface area contributed by atoms with Crippen molar-refractivity contribution < 1.29 is 9.53 Å². The van der Waals surface area contributed by atoms with E-state index in [1.54, 1.807) is 0 Å². The van der Waals surface area contributed by atoms with Gasteiger partial charge in [-0.05, 0) is 6.42 Å². The summed E-state index contributed by atoms with van der Waals surface area (Å²) >= 11 is 0. The third-order valence-corrected chi connectivity index (χ3v) is 1.76. The Balaban J connectivity index is 2.40. The van der Waals surface area contributed by atoms with E-state index < -0.39 is 0 Å². The lowest BCUT2D eigenvalue weighted by Crippen LogP contribution is -2.11. The maximum atomic E-state index is 11.0. The van der Waals surface area contributed by atoms with Crippen molar-refractivity contribution in [2.75, 3.05) is 18.1 Å². The number of carbonyl (C=O) groups excluding carboxylic acids is 1. The molecule has 0 unspecified atom stereocenters. The summed E-state index contributed by atoms with van der Waals surface area (Å²) in [5, 5.41) is 0. The Morgan fingerprint density at radius 2 is 1.88 bits per heavy atom. The second-order valence-corrected chi connectivity index (χ2v) is 3.19. The Kier molecular flexibility index (Phi) is 4.43. The lowest BCUT2D eigenvalue weighted by molar-refractivity contribution is -0.143. The molecule has 1 rings (SSSR count). The molecule has 4 N–H and O–H groups in total. The van der Waals surface area contributed by atoms with Gasteiger partial charge in [0.1, 0.15) is 5.82 Å². The minimum atomic E-state index is -0.225. The average Bonchev–Trinajstić information content (AvgIpc) is 2.16. The molecule has 0 bridgehead atoms. The molecule has 7 heteroatoms. The standard InChI is InChI=1S/C9H15N5O2/c1-2-3-7(15)16-5-4-6-12-8(10)14-9(11)13-6/h2-5H2,1H3,(H4,10,11,12,13,14). The first-order valence-electron chi connectivity index (χ1n) is 5.03. The van der Waals surface area contributed by atoms with E-state index in [9.17, 15) is 4.79 Å². The number of ether oxygens (including phenoxy) is 1. The number of hydrogen-bond donors (Lipinski definition) is 2. The molecule has 0 aliphatic carbocycles. The van der Waals surface area contributed by atoms with Gasteiger partial charge in [-0.1, -0.05) is 6.92 Å². The van der Waals surface area contributed by atoms with Crippen LogP contribution in [0.1, 0.15) is 25.6 Å². The molecule has 88 valence electrons. The van der Waals surface area contributed by atoms with E-state index in [4.69, 9.17) is 16.2 Å². The van der Waals surface area contributed by atoms with E-state index in [0.29, 0.717) is 18.7 Å². The molecule has 16 heavy (non-hydrogen) atoms. The van der Waals surface area contributed by atoms with Crippen molar-refractivity contribution in [2.45, 2.75) is 26.2 Å². The van der Waals surface area contributed by atoms with Crippen LogP contribution in [0.5, 0.6) is 0 Å². The monoisotopic (exact) mass is 225 g/mol. The van der Waals surface area contributed by atoms with Gasteiger partial charge in [0.05, 0.1) is 6.61 Å². The molecule has 1 aromatic rings. The fourth-order valence-corrected chi connectivity index (χ4v) is 1.10. The smallest absolute Gasteiger partial charge is 0.305 e. The molecular formula is C9H15N5O2. The summed E-state index contributed by atoms with van der Waals surface area (Å²) in [6.07, 6.45) is 1.57. The van der Waals surface area contributed by atoms with E-state index in [1.165, 1.54) is 0 Å². The summed E-state index contributed by atoms with van der Waals surface area (Å²) in [7, 11) is 0. The van der Waals surface area contributed by atoms with Crippen LogP contribution >= 0.6 is 0 Å². The highest BCUT2D eigenvalue weighted by atomic mass is 16.5. The van der Waals surface area contributed by atoms with Crippen LogP contribution in [0.3, 0.4) is 0 Å². The van der Waals surface area contributed by atoms with Crippen LogP contribution in [-0.4, -0.2) is 27.5 Å². The molecule has 1 heterocycles. The normalized spacial score (nSPS) is 10.1. The first-order chi connectivity index (χ1) is 7.61. The number of nitrogens with two attached hydrogens (primary N) is 2. The van der Waals surface area contributed by atoms with E-state index in [-0.39, 0.29) is 24.5 Å². The summed E-state index contributed by atoms with van der Waals surface area (Å²) in [4.78, 5) is 22.4. The molecule has 0 spiro atoms. The second kappa shape index (κ2) is 5.84. The van der Waals surface area contributed by atoms with Gasteiger partial charge in [-0.15, -0.1) is 0 Å². The molecule has 0 saturated carbocycles. The van der Waals surface area contributed by atoms with Crippen molar-refractivity contribution in [3.8, 4) is 0 Å². The Morgan fingerprint density at radius 3 is 2.44 bits per heavy atom. The lowest BCUT2D eigenvalue weighted by Gasteiger charge is -2.03. The van der Waals surface area contributed by atoms with Gasteiger partial charge in [-0.3, -0.25) is 4.79 Å². The third-order valence-electron chi connectivity index (χ3n) is 1.76. The fourth-order valence-electron chi connectivity index (χ4n) is 1.10. The van der Waals surface area contributed by atoms with Crippen LogP contribution in [0, 0.1) is 0 Å². The number of esters is 1. The molecule has 0 amide bonds. The summed E-state index contributed by atoms with van der Waals surface area (Å²) in [6, 6.07) is 0. The van der Waals surface area contributed by atoms with Crippen molar-refractivity contribution in [1.82, 2.24) is 15.0 Å². The zero-order chi connectivity index (χ0) is 12.0. The highest BCUT2D eigenvalue weighted by Crippen LogP contribution is 2.00.